The van der Waals surface area contributed by atoms with Crippen LogP contribution in [0.5, 0.6) is 0 Å². The summed E-state index contributed by atoms with van der Waals surface area (Å²) in [6.45, 7) is 3.99. The van der Waals surface area contributed by atoms with Gasteiger partial charge in [-0.05, 0) is 18.1 Å². The Morgan fingerprint density at radius 1 is 1.13 bits per heavy atom. The SMILES string of the molecule is CCc1nc(NC2OC(=O)CC(=O)O2)c2c(CC)cccc2n1. The van der Waals surface area contributed by atoms with Gasteiger partial charge in [0.05, 0.1) is 5.52 Å². The number of carbonyl (C=O) groups excluding carboxylic acids is 2. The lowest BCUT2D eigenvalue weighted by molar-refractivity contribution is -0.197. The predicted molar refractivity (Wildman–Crippen MR) is 82.5 cm³/mol. The fraction of sp³-hybridized carbons (Fsp3) is 0.375. The van der Waals surface area contributed by atoms with Crippen molar-refractivity contribution in [1.29, 1.82) is 0 Å². The van der Waals surface area contributed by atoms with Gasteiger partial charge in [-0.25, -0.2) is 9.97 Å². The molecule has 1 aliphatic heterocycles. The van der Waals surface area contributed by atoms with E-state index in [0.29, 0.717) is 18.1 Å². The second kappa shape index (κ2) is 6.20. The number of carbonyl (C=O) groups is 2. The zero-order chi connectivity index (χ0) is 16.4. The van der Waals surface area contributed by atoms with Crippen LogP contribution in [0.4, 0.5) is 5.82 Å². The molecule has 7 nitrogen and oxygen atoms in total. The van der Waals surface area contributed by atoms with Crippen LogP contribution in [0.2, 0.25) is 0 Å². The van der Waals surface area contributed by atoms with Gasteiger partial charge in [-0.1, -0.05) is 26.0 Å². The van der Waals surface area contributed by atoms with Gasteiger partial charge in [0.15, 0.2) is 0 Å². The number of esters is 2. The van der Waals surface area contributed by atoms with Crippen molar-refractivity contribution in [1.82, 2.24) is 9.97 Å². The highest BCUT2D eigenvalue weighted by Gasteiger charge is 2.28. The molecule has 2 aromatic rings. The Morgan fingerprint density at radius 3 is 2.52 bits per heavy atom. The molecule has 1 N–H and O–H groups in total. The first-order valence-electron chi connectivity index (χ1n) is 7.54. The van der Waals surface area contributed by atoms with E-state index in [1.54, 1.807) is 0 Å². The maximum atomic E-state index is 11.4. The molecule has 1 saturated heterocycles. The minimum absolute atomic E-state index is 0.372. The minimum Gasteiger partial charge on any atom is -0.406 e. The Kier molecular flexibility index (Phi) is 4.10. The quantitative estimate of drug-likeness (QED) is 0.681. The van der Waals surface area contributed by atoms with E-state index in [1.807, 2.05) is 32.0 Å². The highest BCUT2D eigenvalue weighted by atomic mass is 16.7. The minimum atomic E-state index is -1.17. The molecule has 0 unspecified atom stereocenters. The van der Waals surface area contributed by atoms with E-state index in [2.05, 4.69) is 15.3 Å². The smallest absolute Gasteiger partial charge is 0.330 e. The lowest BCUT2D eigenvalue weighted by Gasteiger charge is -2.24. The van der Waals surface area contributed by atoms with E-state index in [9.17, 15) is 9.59 Å². The Balaban J connectivity index is 2.04. The van der Waals surface area contributed by atoms with Crippen molar-refractivity contribution in [2.45, 2.75) is 39.5 Å². The summed E-state index contributed by atoms with van der Waals surface area (Å²) in [7, 11) is 0. The fourth-order valence-corrected chi connectivity index (χ4v) is 2.49. The topological polar surface area (TPSA) is 90.4 Å². The second-order valence-electron chi connectivity index (χ2n) is 5.14. The summed E-state index contributed by atoms with van der Waals surface area (Å²) in [4.78, 5) is 31.8. The molecule has 0 aliphatic carbocycles. The summed E-state index contributed by atoms with van der Waals surface area (Å²) in [6, 6.07) is 5.83. The highest BCUT2D eigenvalue weighted by Crippen LogP contribution is 2.26. The lowest BCUT2D eigenvalue weighted by Crippen LogP contribution is -2.38. The van der Waals surface area contributed by atoms with Crippen LogP contribution in [-0.2, 0) is 31.9 Å². The largest absolute Gasteiger partial charge is 0.406 e. The van der Waals surface area contributed by atoms with Crippen molar-refractivity contribution in [3.63, 3.8) is 0 Å². The molecule has 1 aromatic carbocycles. The Hall–Kier alpha value is -2.70. The Morgan fingerprint density at radius 2 is 1.87 bits per heavy atom. The van der Waals surface area contributed by atoms with Crippen molar-refractivity contribution in [3.8, 4) is 0 Å². The summed E-state index contributed by atoms with van der Waals surface area (Å²) in [6.07, 6.45) is -0.0872. The van der Waals surface area contributed by atoms with Gasteiger partial charge >= 0.3 is 18.4 Å². The van der Waals surface area contributed by atoms with E-state index in [0.717, 1.165) is 22.9 Å². The van der Waals surface area contributed by atoms with E-state index in [4.69, 9.17) is 9.47 Å². The van der Waals surface area contributed by atoms with Crippen molar-refractivity contribution in [3.05, 3.63) is 29.6 Å². The first-order valence-corrected chi connectivity index (χ1v) is 7.54. The number of hydrogen-bond donors (Lipinski definition) is 1. The summed E-state index contributed by atoms with van der Waals surface area (Å²) in [5.74, 6) is -0.0920. The number of aromatic nitrogens is 2. The third-order valence-corrected chi connectivity index (χ3v) is 3.57. The number of anilines is 1. The molecule has 0 spiro atoms. The van der Waals surface area contributed by atoms with Gasteiger partial charge in [0.25, 0.3) is 0 Å². The van der Waals surface area contributed by atoms with Crippen LogP contribution in [0.1, 0.15) is 31.7 Å². The van der Waals surface area contributed by atoms with Gasteiger partial charge < -0.3 is 14.8 Å². The van der Waals surface area contributed by atoms with Crippen LogP contribution in [0, 0.1) is 0 Å². The number of aryl methyl sites for hydroxylation is 2. The number of fused-ring (bicyclic) bond motifs is 1. The molecule has 23 heavy (non-hydrogen) atoms. The standard InChI is InChI=1S/C16H17N3O4/c1-3-9-6-5-7-10-14(9)15(18-11(4-2)17-10)19-16-22-12(20)8-13(21)23-16/h5-7,16H,3-4,8H2,1-2H3,(H,17,18,19). The average molecular weight is 315 g/mol. The number of nitrogens with zero attached hydrogens (tertiary/aromatic N) is 2. The molecule has 0 amide bonds. The fourth-order valence-electron chi connectivity index (χ4n) is 2.49. The summed E-state index contributed by atoms with van der Waals surface area (Å²) in [5, 5.41) is 3.73. The van der Waals surface area contributed by atoms with Crippen LogP contribution < -0.4 is 5.32 Å². The van der Waals surface area contributed by atoms with Crippen molar-refractivity contribution >= 4 is 28.7 Å². The third kappa shape index (κ3) is 3.08. The zero-order valence-electron chi connectivity index (χ0n) is 13.0. The molecule has 1 aliphatic rings. The van der Waals surface area contributed by atoms with Crippen LogP contribution in [-0.4, -0.2) is 28.3 Å². The zero-order valence-corrected chi connectivity index (χ0v) is 13.0. The molecule has 3 rings (SSSR count). The third-order valence-electron chi connectivity index (χ3n) is 3.57. The van der Waals surface area contributed by atoms with E-state index >= 15 is 0 Å². The van der Waals surface area contributed by atoms with Crippen molar-refractivity contribution < 1.29 is 19.1 Å². The van der Waals surface area contributed by atoms with Crippen LogP contribution in [0.3, 0.4) is 0 Å². The summed E-state index contributed by atoms with van der Waals surface area (Å²) in [5.41, 5.74) is 1.85. The molecule has 0 atom stereocenters. The van der Waals surface area contributed by atoms with Gasteiger partial charge in [-0.2, -0.15) is 0 Å². The van der Waals surface area contributed by atoms with Gasteiger partial charge in [-0.3, -0.25) is 9.59 Å². The number of nitrogens with one attached hydrogen (secondary N) is 1. The number of ether oxygens (including phenoxy) is 2. The molecular formula is C16H17N3O4. The van der Waals surface area contributed by atoms with Gasteiger partial charge in [0.2, 0.25) is 0 Å². The lowest BCUT2D eigenvalue weighted by atomic mass is 10.1. The maximum Gasteiger partial charge on any atom is 0.330 e. The van der Waals surface area contributed by atoms with Crippen LogP contribution in [0.25, 0.3) is 10.9 Å². The first-order chi connectivity index (χ1) is 11.1. The van der Waals surface area contributed by atoms with Gasteiger partial charge in [0.1, 0.15) is 18.1 Å². The van der Waals surface area contributed by atoms with E-state index < -0.39 is 18.4 Å². The number of cyclic esters (lactones) is 2. The maximum absolute atomic E-state index is 11.4. The molecular weight excluding hydrogens is 298 g/mol. The van der Waals surface area contributed by atoms with E-state index in [1.165, 1.54) is 0 Å². The van der Waals surface area contributed by atoms with Crippen LogP contribution in [0.15, 0.2) is 18.2 Å². The molecule has 1 fully saturated rings. The average Bonchev–Trinajstić information content (AvgIpc) is 2.52. The molecule has 120 valence electrons. The first kappa shape index (κ1) is 15.2. The molecule has 0 bridgehead atoms. The molecule has 0 radical (unpaired) electrons. The Labute approximate surface area is 133 Å². The summed E-state index contributed by atoms with van der Waals surface area (Å²) < 4.78 is 10.0. The second-order valence-corrected chi connectivity index (χ2v) is 5.14. The number of hydrogen-bond acceptors (Lipinski definition) is 7. The van der Waals surface area contributed by atoms with Gasteiger partial charge in [-0.15, -0.1) is 0 Å². The van der Waals surface area contributed by atoms with Crippen molar-refractivity contribution in [2.24, 2.45) is 0 Å². The summed E-state index contributed by atoms with van der Waals surface area (Å²) >= 11 is 0. The van der Waals surface area contributed by atoms with Gasteiger partial charge in [0, 0.05) is 11.8 Å². The normalized spacial score (nSPS) is 15.4. The van der Waals surface area contributed by atoms with Crippen molar-refractivity contribution in [2.75, 3.05) is 5.32 Å². The highest BCUT2D eigenvalue weighted by molar-refractivity contribution is 5.94. The molecule has 7 heteroatoms. The molecule has 1 aromatic heterocycles. The van der Waals surface area contributed by atoms with Crippen LogP contribution >= 0.6 is 0 Å². The Bertz CT molecular complexity index is 759. The number of rotatable bonds is 4. The number of benzene rings is 1. The molecule has 0 saturated carbocycles. The monoisotopic (exact) mass is 315 g/mol. The van der Waals surface area contributed by atoms with E-state index in [-0.39, 0.29) is 6.42 Å². The molecule has 2 heterocycles. The predicted octanol–water partition coefficient (Wildman–Crippen LogP) is 1.94.